The van der Waals surface area contributed by atoms with Gasteiger partial charge in [-0.3, -0.25) is 14.5 Å². The van der Waals surface area contributed by atoms with E-state index in [0.29, 0.717) is 32.0 Å². The Bertz CT molecular complexity index is 1000. The molecule has 2 aromatic carbocycles. The van der Waals surface area contributed by atoms with Gasteiger partial charge in [-0.15, -0.1) is 0 Å². The number of methoxy groups -OCH3 is 2. The number of carbonyl (C=O) groups is 2. The predicted octanol–water partition coefficient (Wildman–Crippen LogP) is 3.64. The van der Waals surface area contributed by atoms with Gasteiger partial charge >= 0.3 is 0 Å². The van der Waals surface area contributed by atoms with E-state index < -0.39 is 0 Å². The first-order valence-corrected chi connectivity index (χ1v) is 10.2. The van der Waals surface area contributed by atoms with Crippen molar-refractivity contribution in [2.24, 2.45) is 0 Å². The summed E-state index contributed by atoms with van der Waals surface area (Å²) in [6, 6.07) is 11.8. The number of phenolic OH excluding ortho intramolecular Hbond substituents is 1. The second-order valence-electron chi connectivity index (χ2n) is 6.29. The SMILES string of the molecule is COc1ccc(NC(=O)CCN2C(=O)/C(=C/c3ccc(O)c(OC)c3)SC2=S)cc1. The molecule has 0 aliphatic carbocycles. The number of amides is 2. The van der Waals surface area contributed by atoms with Gasteiger partial charge in [0, 0.05) is 18.7 Å². The molecule has 0 spiro atoms. The zero-order valence-corrected chi connectivity index (χ0v) is 18.0. The minimum absolute atomic E-state index is 0.0186. The van der Waals surface area contributed by atoms with E-state index >= 15 is 0 Å². The van der Waals surface area contributed by atoms with Crippen molar-refractivity contribution in [1.82, 2.24) is 4.90 Å². The van der Waals surface area contributed by atoms with Crippen molar-refractivity contribution in [2.45, 2.75) is 6.42 Å². The summed E-state index contributed by atoms with van der Waals surface area (Å²) < 4.78 is 10.6. The third-order valence-electron chi connectivity index (χ3n) is 4.31. The number of nitrogens with one attached hydrogen (secondary N) is 1. The van der Waals surface area contributed by atoms with E-state index in [1.54, 1.807) is 49.6 Å². The van der Waals surface area contributed by atoms with Crippen molar-refractivity contribution in [3.05, 3.63) is 52.9 Å². The van der Waals surface area contributed by atoms with Crippen molar-refractivity contribution in [3.63, 3.8) is 0 Å². The highest BCUT2D eigenvalue weighted by Crippen LogP contribution is 2.34. The number of benzene rings is 2. The molecule has 0 aromatic heterocycles. The minimum Gasteiger partial charge on any atom is -0.504 e. The van der Waals surface area contributed by atoms with Gasteiger partial charge in [0.05, 0.1) is 19.1 Å². The topological polar surface area (TPSA) is 88.1 Å². The molecule has 156 valence electrons. The lowest BCUT2D eigenvalue weighted by molar-refractivity contribution is -0.122. The number of phenols is 1. The molecule has 1 aliphatic heterocycles. The Kier molecular flexibility index (Phi) is 6.96. The van der Waals surface area contributed by atoms with Crippen LogP contribution in [0.5, 0.6) is 17.2 Å². The molecule has 2 aromatic rings. The summed E-state index contributed by atoms with van der Waals surface area (Å²) in [7, 11) is 3.03. The Morgan fingerprint density at radius 3 is 2.60 bits per heavy atom. The zero-order valence-electron chi connectivity index (χ0n) is 16.4. The molecule has 0 saturated carbocycles. The normalized spacial score (nSPS) is 14.9. The average molecular weight is 445 g/mol. The molecule has 1 heterocycles. The van der Waals surface area contributed by atoms with Crippen LogP contribution in [0.15, 0.2) is 47.4 Å². The highest BCUT2D eigenvalue weighted by atomic mass is 32.2. The van der Waals surface area contributed by atoms with Crippen LogP contribution in [-0.4, -0.2) is 46.9 Å². The van der Waals surface area contributed by atoms with Crippen LogP contribution in [0.25, 0.3) is 6.08 Å². The van der Waals surface area contributed by atoms with Gasteiger partial charge < -0.3 is 19.9 Å². The van der Waals surface area contributed by atoms with E-state index in [9.17, 15) is 14.7 Å². The van der Waals surface area contributed by atoms with E-state index in [-0.39, 0.29) is 30.5 Å². The lowest BCUT2D eigenvalue weighted by Gasteiger charge is -2.14. The molecule has 0 radical (unpaired) electrons. The number of hydrogen-bond acceptors (Lipinski definition) is 7. The first kappa shape index (κ1) is 21.7. The number of carbonyl (C=O) groups excluding carboxylic acids is 2. The fourth-order valence-electron chi connectivity index (χ4n) is 2.74. The third kappa shape index (κ3) is 5.11. The summed E-state index contributed by atoms with van der Waals surface area (Å²) in [5.74, 6) is 0.555. The van der Waals surface area contributed by atoms with Gasteiger partial charge in [0.1, 0.15) is 10.1 Å². The Labute approximate surface area is 183 Å². The number of nitrogens with zero attached hydrogens (tertiary/aromatic N) is 1. The summed E-state index contributed by atoms with van der Waals surface area (Å²) in [5.41, 5.74) is 1.34. The van der Waals surface area contributed by atoms with Crippen LogP contribution in [0.3, 0.4) is 0 Å². The second-order valence-corrected chi connectivity index (χ2v) is 7.97. The van der Waals surface area contributed by atoms with Crippen LogP contribution in [0.4, 0.5) is 5.69 Å². The first-order chi connectivity index (χ1) is 14.4. The van der Waals surface area contributed by atoms with Crippen LogP contribution >= 0.6 is 24.0 Å². The van der Waals surface area contributed by atoms with Gasteiger partial charge in [0.15, 0.2) is 11.5 Å². The second kappa shape index (κ2) is 9.64. The molecule has 1 saturated heterocycles. The fraction of sp³-hybridized carbons (Fsp3) is 0.190. The quantitative estimate of drug-likeness (QED) is 0.498. The van der Waals surface area contributed by atoms with E-state index in [0.717, 1.165) is 0 Å². The number of rotatable bonds is 7. The predicted molar refractivity (Wildman–Crippen MR) is 121 cm³/mol. The molecular formula is C21H20N2O5S2. The van der Waals surface area contributed by atoms with Gasteiger partial charge in [-0.05, 0) is 48.0 Å². The van der Waals surface area contributed by atoms with Crippen molar-refractivity contribution >= 4 is 51.9 Å². The van der Waals surface area contributed by atoms with Gasteiger partial charge in [-0.2, -0.15) is 0 Å². The summed E-state index contributed by atoms with van der Waals surface area (Å²) >= 11 is 6.48. The molecule has 1 fully saturated rings. The molecule has 2 N–H and O–H groups in total. The lowest BCUT2D eigenvalue weighted by atomic mass is 10.2. The van der Waals surface area contributed by atoms with E-state index in [1.807, 2.05) is 0 Å². The number of thiocarbonyl (C=S) groups is 1. The largest absolute Gasteiger partial charge is 0.504 e. The lowest BCUT2D eigenvalue weighted by Crippen LogP contribution is -2.31. The molecular weight excluding hydrogens is 424 g/mol. The molecule has 0 unspecified atom stereocenters. The first-order valence-electron chi connectivity index (χ1n) is 8.97. The Morgan fingerprint density at radius 1 is 1.20 bits per heavy atom. The maximum absolute atomic E-state index is 12.7. The van der Waals surface area contributed by atoms with Crippen molar-refractivity contribution in [2.75, 3.05) is 26.1 Å². The molecule has 30 heavy (non-hydrogen) atoms. The molecule has 9 heteroatoms. The number of aromatic hydroxyl groups is 1. The van der Waals surface area contributed by atoms with E-state index in [4.69, 9.17) is 21.7 Å². The van der Waals surface area contributed by atoms with E-state index in [2.05, 4.69) is 5.32 Å². The van der Waals surface area contributed by atoms with E-state index in [1.165, 1.54) is 29.8 Å². The maximum Gasteiger partial charge on any atom is 0.266 e. The summed E-state index contributed by atoms with van der Waals surface area (Å²) in [4.78, 5) is 26.8. The van der Waals surface area contributed by atoms with Crippen LogP contribution in [0.1, 0.15) is 12.0 Å². The van der Waals surface area contributed by atoms with Gasteiger partial charge in [0.2, 0.25) is 5.91 Å². The van der Waals surface area contributed by atoms with Crippen molar-refractivity contribution < 1.29 is 24.2 Å². The summed E-state index contributed by atoms with van der Waals surface area (Å²) in [6.45, 7) is 0.183. The van der Waals surface area contributed by atoms with Crippen LogP contribution in [-0.2, 0) is 9.59 Å². The highest BCUT2D eigenvalue weighted by molar-refractivity contribution is 8.26. The molecule has 0 bridgehead atoms. The van der Waals surface area contributed by atoms with Crippen molar-refractivity contribution in [1.29, 1.82) is 0 Å². The molecule has 2 amide bonds. The minimum atomic E-state index is -0.255. The number of thioether (sulfide) groups is 1. The van der Waals surface area contributed by atoms with Gasteiger partial charge in [0.25, 0.3) is 5.91 Å². The Morgan fingerprint density at radius 2 is 1.93 bits per heavy atom. The summed E-state index contributed by atoms with van der Waals surface area (Å²) in [5, 5.41) is 12.5. The highest BCUT2D eigenvalue weighted by Gasteiger charge is 2.32. The average Bonchev–Trinajstić information content (AvgIpc) is 3.01. The Hall–Kier alpha value is -3.04. The number of hydrogen-bond donors (Lipinski definition) is 2. The monoisotopic (exact) mass is 444 g/mol. The van der Waals surface area contributed by atoms with Crippen LogP contribution in [0.2, 0.25) is 0 Å². The summed E-state index contributed by atoms with van der Waals surface area (Å²) in [6.07, 6.45) is 1.79. The van der Waals surface area contributed by atoms with Crippen LogP contribution in [0, 0.1) is 0 Å². The number of anilines is 1. The standard InChI is InChI=1S/C21H20N2O5S2/c1-27-15-6-4-14(5-7-15)22-19(25)9-10-23-20(26)18(30-21(23)29)12-13-3-8-16(24)17(11-13)28-2/h3-8,11-12,24H,9-10H2,1-2H3,(H,22,25)/b18-12-. The smallest absolute Gasteiger partial charge is 0.266 e. The fourth-order valence-corrected chi connectivity index (χ4v) is 4.05. The molecule has 0 atom stereocenters. The maximum atomic E-state index is 12.7. The molecule has 3 rings (SSSR count). The van der Waals surface area contributed by atoms with Crippen LogP contribution < -0.4 is 14.8 Å². The van der Waals surface area contributed by atoms with Gasteiger partial charge in [-0.25, -0.2) is 0 Å². The van der Waals surface area contributed by atoms with Crippen molar-refractivity contribution in [3.8, 4) is 17.2 Å². The Balaban J connectivity index is 1.61. The molecule has 7 nitrogen and oxygen atoms in total. The third-order valence-corrected chi connectivity index (χ3v) is 5.69. The molecule has 1 aliphatic rings. The zero-order chi connectivity index (χ0) is 21.7. The van der Waals surface area contributed by atoms with Gasteiger partial charge in [-0.1, -0.05) is 30.0 Å². The number of ether oxygens (including phenoxy) is 2.